The van der Waals surface area contributed by atoms with Gasteiger partial charge >= 0.3 is 0 Å². The van der Waals surface area contributed by atoms with Gasteiger partial charge in [-0.05, 0) is 37.1 Å². The summed E-state index contributed by atoms with van der Waals surface area (Å²) >= 11 is 6.20. The summed E-state index contributed by atoms with van der Waals surface area (Å²) in [4.78, 5) is 2.28. The Hall–Kier alpha value is -0.770. The molecule has 2 rings (SSSR count). The molecule has 0 spiro atoms. The van der Waals surface area contributed by atoms with E-state index in [0.29, 0.717) is 5.92 Å². The summed E-state index contributed by atoms with van der Waals surface area (Å²) in [5.74, 6) is 0.555. The van der Waals surface area contributed by atoms with E-state index in [0.717, 1.165) is 35.9 Å². The molecule has 0 saturated carbocycles. The summed E-state index contributed by atoms with van der Waals surface area (Å²) in [5, 5.41) is 13.8. The molecule has 1 aromatic rings. The average molecular weight is 269 g/mol. The molecule has 1 saturated heterocycles. The second-order valence-electron chi connectivity index (χ2n) is 5.14. The van der Waals surface area contributed by atoms with E-state index in [1.165, 1.54) is 0 Å². The molecular formula is C14H21ClN2O. The van der Waals surface area contributed by atoms with Gasteiger partial charge in [-0.1, -0.05) is 24.6 Å². The Bertz CT molecular complexity index is 411. The lowest BCUT2D eigenvalue weighted by molar-refractivity contribution is 0.259. The Balaban J connectivity index is 2.34. The lowest BCUT2D eigenvalue weighted by Crippen LogP contribution is -2.43. The molecule has 0 radical (unpaired) electrons. The number of nitrogens with one attached hydrogen (secondary N) is 1. The van der Waals surface area contributed by atoms with Crippen LogP contribution in [0.1, 0.15) is 12.5 Å². The van der Waals surface area contributed by atoms with E-state index in [2.05, 4.69) is 23.2 Å². The van der Waals surface area contributed by atoms with Gasteiger partial charge < -0.3 is 15.3 Å². The first kappa shape index (κ1) is 13.7. The molecule has 1 aliphatic rings. The van der Waals surface area contributed by atoms with Crippen LogP contribution in [0.5, 0.6) is 0 Å². The Kier molecular flexibility index (Phi) is 4.49. The van der Waals surface area contributed by atoms with Crippen LogP contribution in [0.4, 0.5) is 5.69 Å². The van der Waals surface area contributed by atoms with Gasteiger partial charge in [-0.25, -0.2) is 0 Å². The fraction of sp³-hybridized carbons (Fsp3) is 0.571. The van der Waals surface area contributed by atoms with Crippen molar-refractivity contribution in [1.29, 1.82) is 0 Å². The topological polar surface area (TPSA) is 35.5 Å². The van der Waals surface area contributed by atoms with Crippen molar-refractivity contribution in [3.63, 3.8) is 0 Å². The monoisotopic (exact) mass is 268 g/mol. The van der Waals surface area contributed by atoms with Crippen molar-refractivity contribution in [2.24, 2.45) is 5.92 Å². The Morgan fingerprint density at radius 2 is 2.22 bits per heavy atom. The lowest BCUT2D eigenvalue weighted by atomic mass is 10.1. The normalized spacial score (nSPS) is 25.0. The SMILES string of the molecule is Cc1c(Cl)cccc1N1CC(C)CNCC1CO. The summed E-state index contributed by atoms with van der Waals surface area (Å²) in [5.41, 5.74) is 2.23. The fourth-order valence-electron chi connectivity index (χ4n) is 2.52. The zero-order valence-electron chi connectivity index (χ0n) is 11.0. The number of rotatable bonds is 2. The second-order valence-corrected chi connectivity index (χ2v) is 5.54. The molecular weight excluding hydrogens is 248 g/mol. The minimum atomic E-state index is 0.118. The standard InChI is InChI=1S/C14H21ClN2O/c1-10-6-16-7-12(9-18)17(8-10)14-5-3-4-13(15)11(14)2/h3-5,10,12,16,18H,6-9H2,1-2H3. The number of anilines is 1. The minimum absolute atomic E-state index is 0.118. The molecule has 4 heteroatoms. The largest absolute Gasteiger partial charge is 0.394 e. The highest BCUT2D eigenvalue weighted by Gasteiger charge is 2.24. The summed E-state index contributed by atoms with van der Waals surface area (Å²) in [6.07, 6.45) is 0. The maximum Gasteiger partial charge on any atom is 0.0647 e. The molecule has 2 atom stereocenters. The van der Waals surface area contributed by atoms with Gasteiger partial charge in [0.1, 0.15) is 0 Å². The van der Waals surface area contributed by atoms with Gasteiger partial charge in [0, 0.05) is 23.8 Å². The van der Waals surface area contributed by atoms with Crippen LogP contribution in [0.2, 0.25) is 5.02 Å². The first-order chi connectivity index (χ1) is 8.63. The van der Waals surface area contributed by atoms with E-state index in [4.69, 9.17) is 11.6 Å². The van der Waals surface area contributed by atoms with E-state index in [1.54, 1.807) is 0 Å². The van der Waals surface area contributed by atoms with E-state index in [9.17, 15) is 5.11 Å². The van der Waals surface area contributed by atoms with Gasteiger partial charge in [0.05, 0.1) is 12.6 Å². The van der Waals surface area contributed by atoms with Crippen molar-refractivity contribution in [2.45, 2.75) is 19.9 Å². The molecule has 3 nitrogen and oxygen atoms in total. The third-order valence-electron chi connectivity index (χ3n) is 3.58. The molecule has 18 heavy (non-hydrogen) atoms. The van der Waals surface area contributed by atoms with Crippen LogP contribution in [-0.4, -0.2) is 37.4 Å². The Morgan fingerprint density at radius 3 is 2.94 bits per heavy atom. The van der Waals surface area contributed by atoms with Gasteiger partial charge in [0.15, 0.2) is 0 Å². The molecule has 2 N–H and O–H groups in total. The van der Waals surface area contributed by atoms with Gasteiger partial charge in [-0.15, -0.1) is 0 Å². The van der Waals surface area contributed by atoms with E-state index < -0.39 is 0 Å². The summed E-state index contributed by atoms with van der Waals surface area (Å²) in [7, 11) is 0. The molecule has 1 heterocycles. The van der Waals surface area contributed by atoms with Crippen molar-refractivity contribution in [1.82, 2.24) is 5.32 Å². The maximum absolute atomic E-state index is 9.58. The van der Waals surface area contributed by atoms with Gasteiger partial charge in [-0.2, -0.15) is 0 Å². The van der Waals surface area contributed by atoms with Crippen molar-refractivity contribution < 1.29 is 5.11 Å². The number of benzene rings is 1. The Morgan fingerprint density at radius 1 is 1.44 bits per heavy atom. The van der Waals surface area contributed by atoms with Crippen LogP contribution in [0.15, 0.2) is 18.2 Å². The van der Waals surface area contributed by atoms with Gasteiger partial charge in [-0.3, -0.25) is 0 Å². The first-order valence-electron chi connectivity index (χ1n) is 6.46. The Labute approximate surface area is 114 Å². The van der Waals surface area contributed by atoms with Crippen molar-refractivity contribution >= 4 is 17.3 Å². The molecule has 1 aromatic carbocycles. The average Bonchev–Trinajstić information content (AvgIpc) is 2.54. The summed E-state index contributed by atoms with van der Waals surface area (Å²) in [6, 6.07) is 6.09. The number of aliphatic hydroxyl groups excluding tert-OH is 1. The van der Waals surface area contributed by atoms with Crippen LogP contribution < -0.4 is 10.2 Å². The highest BCUT2D eigenvalue weighted by Crippen LogP contribution is 2.29. The molecule has 1 fully saturated rings. The molecule has 0 bridgehead atoms. The number of hydrogen-bond acceptors (Lipinski definition) is 3. The number of hydrogen-bond donors (Lipinski definition) is 2. The van der Waals surface area contributed by atoms with Crippen molar-refractivity contribution in [3.05, 3.63) is 28.8 Å². The van der Waals surface area contributed by atoms with E-state index in [-0.39, 0.29) is 12.6 Å². The summed E-state index contributed by atoms with van der Waals surface area (Å²) in [6.45, 7) is 7.17. The first-order valence-corrected chi connectivity index (χ1v) is 6.84. The van der Waals surface area contributed by atoms with Crippen molar-refractivity contribution in [3.8, 4) is 0 Å². The molecule has 2 unspecified atom stereocenters. The molecule has 100 valence electrons. The van der Waals surface area contributed by atoms with Gasteiger partial charge in [0.25, 0.3) is 0 Å². The molecule has 0 amide bonds. The predicted molar refractivity (Wildman–Crippen MR) is 76.4 cm³/mol. The van der Waals surface area contributed by atoms with Crippen molar-refractivity contribution in [2.75, 3.05) is 31.1 Å². The van der Waals surface area contributed by atoms with Crippen LogP contribution in [-0.2, 0) is 0 Å². The summed E-state index contributed by atoms with van der Waals surface area (Å²) < 4.78 is 0. The fourth-order valence-corrected chi connectivity index (χ4v) is 2.69. The minimum Gasteiger partial charge on any atom is -0.394 e. The second kappa shape index (κ2) is 5.91. The quantitative estimate of drug-likeness (QED) is 0.862. The highest BCUT2D eigenvalue weighted by molar-refractivity contribution is 6.31. The third-order valence-corrected chi connectivity index (χ3v) is 3.99. The molecule has 0 aromatic heterocycles. The van der Waals surface area contributed by atoms with Crippen LogP contribution in [0.25, 0.3) is 0 Å². The molecule has 0 aliphatic carbocycles. The van der Waals surface area contributed by atoms with E-state index >= 15 is 0 Å². The highest BCUT2D eigenvalue weighted by atomic mass is 35.5. The van der Waals surface area contributed by atoms with Crippen LogP contribution in [0, 0.1) is 12.8 Å². The third kappa shape index (κ3) is 2.79. The predicted octanol–water partition coefficient (Wildman–Crippen LogP) is 2.06. The zero-order valence-corrected chi connectivity index (χ0v) is 11.7. The van der Waals surface area contributed by atoms with Crippen LogP contribution in [0.3, 0.4) is 0 Å². The number of nitrogens with zero attached hydrogens (tertiary/aromatic N) is 1. The van der Waals surface area contributed by atoms with E-state index in [1.807, 2.05) is 19.1 Å². The zero-order chi connectivity index (χ0) is 13.1. The molecule has 1 aliphatic heterocycles. The van der Waals surface area contributed by atoms with Gasteiger partial charge in [0.2, 0.25) is 0 Å². The smallest absolute Gasteiger partial charge is 0.0647 e. The number of halogens is 1. The maximum atomic E-state index is 9.58. The lowest BCUT2D eigenvalue weighted by Gasteiger charge is -2.33. The van der Waals surface area contributed by atoms with Crippen LogP contribution >= 0.6 is 11.6 Å². The number of aliphatic hydroxyl groups is 1.